The molecule has 3 atom stereocenters. The maximum Gasteiger partial charge on any atom is 0.254 e. The average molecular weight is 323 g/mol. The Labute approximate surface area is 134 Å². The maximum atomic E-state index is 12.8. The van der Waals surface area contributed by atoms with E-state index < -0.39 is 23.0 Å². The minimum absolute atomic E-state index is 0.278. The number of rotatable bonds is 7. The van der Waals surface area contributed by atoms with Crippen LogP contribution in [0.3, 0.4) is 0 Å². The zero-order chi connectivity index (χ0) is 16.8. The highest BCUT2D eigenvalue weighted by atomic mass is 16.6. The summed E-state index contributed by atoms with van der Waals surface area (Å²) in [5.41, 5.74) is 6.22. The lowest BCUT2D eigenvalue weighted by Crippen LogP contribution is -2.52. The molecule has 3 unspecified atom stereocenters. The van der Waals surface area contributed by atoms with Gasteiger partial charge in [-0.25, -0.2) is 10.9 Å². The van der Waals surface area contributed by atoms with E-state index in [0.717, 1.165) is 0 Å². The number of hydrogen-bond donors (Lipinski definition) is 2. The lowest BCUT2D eigenvalue weighted by molar-refractivity contribution is -0.523. The van der Waals surface area contributed by atoms with Gasteiger partial charge in [0.1, 0.15) is 0 Å². The van der Waals surface area contributed by atoms with Crippen molar-refractivity contribution in [3.8, 4) is 0 Å². The van der Waals surface area contributed by atoms with E-state index in [1.807, 2.05) is 6.07 Å². The molecular formula is C14H21N5O4. The molecule has 1 aliphatic heterocycles. The highest BCUT2D eigenvalue weighted by molar-refractivity contribution is 5.83. The molecule has 2 heterocycles. The van der Waals surface area contributed by atoms with E-state index in [1.54, 1.807) is 32.4 Å². The number of aromatic nitrogens is 1. The third kappa shape index (κ3) is 4.21. The lowest BCUT2D eigenvalue weighted by atomic mass is 10.0. The molecule has 126 valence electrons. The van der Waals surface area contributed by atoms with E-state index >= 15 is 0 Å². The predicted molar refractivity (Wildman–Crippen MR) is 81.8 cm³/mol. The van der Waals surface area contributed by atoms with Gasteiger partial charge in [-0.05, 0) is 19.1 Å². The summed E-state index contributed by atoms with van der Waals surface area (Å²) >= 11 is 0. The second-order valence-electron chi connectivity index (χ2n) is 5.40. The third-order valence-corrected chi connectivity index (χ3v) is 3.79. The number of carbonyl (C=O) groups is 1. The number of nitro groups is 1. The fourth-order valence-electron chi connectivity index (χ4n) is 2.55. The summed E-state index contributed by atoms with van der Waals surface area (Å²) in [5, 5.41) is 11.2. The smallest absolute Gasteiger partial charge is 0.254 e. The number of pyridine rings is 1. The van der Waals surface area contributed by atoms with Crippen molar-refractivity contribution in [2.45, 2.75) is 31.6 Å². The molecular weight excluding hydrogens is 302 g/mol. The molecule has 23 heavy (non-hydrogen) atoms. The van der Waals surface area contributed by atoms with Crippen LogP contribution in [-0.4, -0.2) is 59.1 Å². The van der Waals surface area contributed by atoms with Gasteiger partial charge in [0.05, 0.1) is 24.9 Å². The fraction of sp³-hybridized carbons (Fsp3) is 0.571. The van der Waals surface area contributed by atoms with Crippen LogP contribution in [0.4, 0.5) is 0 Å². The summed E-state index contributed by atoms with van der Waals surface area (Å²) in [7, 11) is 1.54. The number of methoxy groups -OCH3 is 1. The van der Waals surface area contributed by atoms with Gasteiger partial charge >= 0.3 is 0 Å². The third-order valence-electron chi connectivity index (χ3n) is 3.79. The van der Waals surface area contributed by atoms with Gasteiger partial charge in [-0.3, -0.25) is 19.9 Å². The van der Waals surface area contributed by atoms with E-state index in [2.05, 4.69) is 15.8 Å². The number of hydrazine groups is 1. The first-order valence-corrected chi connectivity index (χ1v) is 7.36. The fourth-order valence-corrected chi connectivity index (χ4v) is 2.55. The monoisotopic (exact) mass is 323 g/mol. The Balaban J connectivity index is 2.14. The Kier molecular flexibility index (Phi) is 5.97. The van der Waals surface area contributed by atoms with Crippen LogP contribution in [0.15, 0.2) is 24.4 Å². The quantitative estimate of drug-likeness (QED) is 0.517. The minimum Gasteiger partial charge on any atom is -0.383 e. The topological polar surface area (TPSA) is 110 Å². The molecule has 0 bridgehead atoms. The molecule has 2 rings (SSSR count). The highest BCUT2D eigenvalue weighted by Crippen LogP contribution is 2.14. The first-order valence-electron chi connectivity index (χ1n) is 7.36. The Morgan fingerprint density at radius 1 is 1.48 bits per heavy atom. The number of ether oxygens (including phenoxy) is 1. The van der Waals surface area contributed by atoms with Gasteiger partial charge in [0, 0.05) is 24.8 Å². The molecule has 1 fully saturated rings. The zero-order valence-corrected chi connectivity index (χ0v) is 13.1. The number of amides is 1. The van der Waals surface area contributed by atoms with Gasteiger partial charge in [0.2, 0.25) is 5.91 Å². The van der Waals surface area contributed by atoms with Crippen molar-refractivity contribution in [2.24, 2.45) is 0 Å². The molecule has 0 saturated carbocycles. The predicted octanol–water partition coefficient (Wildman–Crippen LogP) is -0.433. The Morgan fingerprint density at radius 2 is 2.26 bits per heavy atom. The van der Waals surface area contributed by atoms with Gasteiger partial charge in [-0.15, -0.1) is 0 Å². The van der Waals surface area contributed by atoms with E-state index in [1.165, 1.54) is 4.90 Å². The number of hydrogen-bond acceptors (Lipinski definition) is 7. The summed E-state index contributed by atoms with van der Waals surface area (Å²) < 4.78 is 5.03. The van der Waals surface area contributed by atoms with Gasteiger partial charge in [0.15, 0.2) is 6.04 Å². The van der Waals surface area contributed by atoms with Gasteiger partial charge < -0.3 is 9.64 Å². The van der Waals surface area contributed by atoms with Gasteiger partial charge in [-0.2, -0.15) is 0 Å². The van der Waals surface area contributed by atoms with Crippen molar-refractivity contribution in [3.05, 3.63) is 40.2 Å². The lowest BCUT2D eigenvalue weighted by Gasteiger charge is -2.25. The van der Waals surface area contributed by atoms with Gasteiger partial charge in [0.25, 0.3) is 6.04 Å². The zero-order valence-electron chi connectivity index (χ0n) is 13.1. The van der Waals surface area contributed by atoms with Gasteiger partial charge in [-0.1, -0.05) is 6.07 Å². The number of nitrogens with zero attached hydrogens (tertiary/aromatic N) is 3. The molecule has 0 aromatic carbocycles. The molecule has 2 N–H and O–H groups in total. The summed E-state index contributed by atoms with van der Waals surface area (Å²) in [6, 6.07) is 3.06. The van der Waals surface area contributed by atoms with Crippen LogP contribution in [0, 0.1) is 10.1 Å². The molecule has 1 aromatic heterocycles. The maximum absolute atomic E-state index is 12.8. The Hall–Kier alpha value is -2.10. The molecule has 1 aromatic rings. The molecule has 9 heteroatoms. The second-order valence-corrected chi connectivity index (χ2v) is 5.40. The van der Waals surface area contributed by atoms with E-state index in [4.69, 9.17) is 4.74 Å². The summed E-state index contributed by atoms with van der Waals surface area (Å²) in [6.07, 6.45) is 1.64. The van der Waals surface area contributed by atoms with Crippen LogP contribution < -0.4 is 10.9 Å². The van der Waals surface area contributed by atoms with Crippen molar-refractivity contribution >= 4 is 5.91 Å². The summed E-state index contributed by atoms with van der Waals surface area (Å²) in [5.74, 6) is -0.341. The average Bonchev–Trinajstić information content (AvgIpc) is 2.93. The van der Waals surface area contributed by atoms with Crippen LogP contribution in [0.5, 0.6) is 0 Å². The summed E-state index contributed by atoms with van der Waals surface area (Å²) in [6.45, 7) is 2.63. The van der Waals surface area contributed by atoms with E-state index in [0.29, 0.717) is 18.8 Å². The molecule has 0 aliphatic carbocycles. The molecule has 1 amide bonds. The first kappa shape index (κ1) is 17.3. The van der Waals surface area contributed by atoms with Crippen LogP contribution in [-0.2, 0) is 16.1 Å². The standard InChI is InChI=1S/C14H21N5O4/c1-10-13(19(21)22)12(17-16-10)14(20)18(7-8-23-2)9-11-5-3-4-6-15-11/h3-6,10,12-13,16-17H,7-9H2,1-2H3. The first-order chi connectivity index (χ1) is 11.0. The van der Waals surface area contributed by atoms with Crippen molar-refractivity contribution in [3.63, 3.8) is 0 Å². The van der Waals surface area contributed by atoms with Crippen molar-refractivity contribution in [1.29, 1.82) is 0 Å². The summed E-state index contributed by atoms with van der Waals surface area (Å²) in [4.78, 5) is 29.3. The molecule has 0 spiro atoms. The van der Waals surface area contributed by atoms with Crippen LogP contribution >= 0.6 is 0 Å². The second kappa shape index (κ2) is 7.95. The molecule has 9 nitrogen and oxygen atoms in total. The van der Waals surface area contributed by atoms with Crippen molar-refractivity contribution in [2.75, 3.05) is 20.3 Å². The normalized spacial score (nSPS) is 23.7. The van der Waals surface area contributed by atoms with Crippen LogP contribution in [0.1, 0.15) is 12.6 Å². The Bertz CT molecular complexity index is 541. The SMILES string of the molecule is COCCN(Cc1ccccn1)C(=O)C1NNC(C)C1[N+](=O)[O-]. The number of nitrogens with one attached hydrogen (secondary N) is 2. The van der Waals surface area contributed by atoms with Crippen molar-refractivity contribution < 1.29 is 14.5 Å². The molecule has 1 aliphatic rings. The largest absolute Gasteiger partial charge is 0.383 e. The van der Waals surface area contributed by atoms with Crippen molar-refractivity contribution in [1.82, 2.24) is 20.7 Å². The Morgan fingerprint density at radius 3 is 2.87 bits per heavy atom. The minimum atomic E-state index is -1.02. The van der Waals surface area contributed by atoms with E-state index in [9.17, 15) is 14.9 Å². The molecule has 1 saturated heterocycles. The molecule has 0 radical (unpaired) electrons. The van der Waals surface area contributed by atoms with Crippen LogP contribution in [0.25, 0.3) is 0 Å². The van der Waals surface area contributed by atoms with Crippen LogP contribution in [0.2, 0.25) is 0 Å². The highest BCUT2D eigenvalue weighted by Gasteiger charge is 2.47. The number of carbonyl (C=O) groups excluding carboxylic acids is 1. The van der Waals surface area contributed by atoms with E-state index in [-0.39, 0.29) is 12.5 Å².